The molecule has 1 saturated heterocycles. The molecule has 0 bridgehead atoms. The normalized spacial score (nSPS) is 23.4. The minimum Gasteiger partial charge on any atom is -0.374 e. The van der Waals surface area contributed by atoms with E-state index in [4.69, 9.17) is 4.74 Å². The number of hydrogen-bond donors (Lipinski definition) is 1. The van der Waals surface area contributed by atoms with Crippen molar-refractivity contribution in [3.05, 3.63) is 0 Å². The molecule has 0 saturated carbocycles. The summed E-state index contributed by atoms with van der Waals surface area (Å²) in [6.45, 7) is 14.0. The smallest absolute Gasteiger partial charge is 0.241 e. The summed E-state index contributed by atoms with van der Waals surface area (Å²) >= 11 is 0. The molecule has 0 aromatic heterocycles. The van der Waals surface area contributed by atoms with E-state index in [1.807, 2.05) is 11.8 Å². The maximum atomic E-state index is 12.7. The van der Waals surface area contributed by atoms with E-state index in [0.29, 0.717) is 19.1 Å². The van der Waals surface area contributed by atoms with Crippen LogP contribution in [0.5, 0.6) is 0 Å². The minimum absolute atomic E-state index is 0.00822. The highest BCUT2D eigenvalue weighted by Crippen LogP contribution is 2.24. The predicted octanol–water partition coefficient (Wildman–Crippen LogP) is 3.16. The van der Waals surface area contributed by atoms with Gasteiger partial charge in [-0.25, -0.2) is 0 Å². The fourth-order valence-corrected chi connectivity index (χ4v) is 3.04. The fourth-order valence-electron chi connectivity index (χ4n) is 3.04. The number of ether oxygens (including phenoxy) is 1. The van der Waals surface area contributed by atoms with E-state index in [0.717, 1.165) is 25.7 Å². The van der Waals surface area contributed by atoms with Crippen molar-refractivity contribution in [2.45, 2.75) is 85.0 Å². The topological polar surface area (TPSA) is 41.6 Å². The van der Waals surface area contributed by atoms with E-state index >= 15 is 0 Å². The Hall–Kier alpha value is -0.610. The highest BCUT2D eigenvalue weighted by molar-refractivity contribution is 5.84. The molecule has 2 atom stereocenters. The van der Waals surface area contributed by atoms with Gasteiger partial charge in [-0.2, -0.15) is 0 Å². The van der Waals surface area contributed by atoms with Crippen LogP contribution >= 0.6 is 0 Å². The molecule has 4 heteroatoms. The van der Waals surface area contributed by atoms with Gasteiger partial charge in [0, 0.05) is 6.61 Å². The van der Waals surface area contributed by atoms with Gasteiger partial charge in [-0.1, -0.05) is 33.6 Å². The summed E-state index contributed by atoms with van der Waals surface area (Å²) < 4.78 is 5.79. The van der Waals surface area contributed by atoms with Gasteiger partial charge < -0.3 is 9.64 Å². The molecule has 0 aliphatic carbocycles. The quantitative estimate of drug-likeness (QED) is 0.711. The lowest BCUT2D eigenvalue weighted by Gasteiger charge is -2.34. The summed E-state index contributed by atoms with van der Waals surface area (Å²) in [5.41, 5.74) is -0.291. The van der Waals surface area contributed by atoms with Gasteiger partial charge in [0.25, 0.3) is 0 Å². The third-order valence-electron chi connectivity index (χ3n) is 3.98. The zero-order chi connectivity index (χ0) is 16.0. The van der Waals surface area contributed by atoms with Gasteiger partial charge in [-0.3, -0.25) is 10.1 Å². The van der Waals surface area contributed by atoms with Gasteiger partial charge in [-0.15, -0.1) is 0 Å². The van der Waals surface area contributed by atoms with Crippen molar-refractivity contribution in [3.8, 4) is 0 Å². The lowest BCUT2D eigenvalue weighted by Crippen LogP contribution is -2.47. The van der Waals surface area contributed by atoms with E-state index in [1.165, 1.54) is 0 Å². The summed E-state index contributed by atoms with van der Waals surface area (Å²) in [6, 6.07) is -0.00822. The second kappa shape index (κ2) is 8.14. The second-order valence-corrected chi connectivity index (χ2v) is 7.17. The van der Waals surface area contributed by atoms with Gasteiger partial charge in [0.2, 0.25) is 5.91 Å². The highest BCUT2D eigenvalue weighted by Gasteiger charge is 2.40. The molecule has 0 radical (unpaired) electrons. The predicted molar refractivity (Wildman–Crippen MR) is 87.1 cm³/mol. The van der Waals surface area contributed by atoms with Crippen LogP contribution in [0.2, 0.25) is 0 Å². The molecular weight excluding hydrogens is 264 g/mol. The Balaban J connectivity index is 2.76. The van der Waals surface area contributed by atoms with Crippen molar-refractivity contribution in [3.63, 3.8) is 0 Å². The molecule has 0 aromatic carbocycles. The third kappa shape index (κ3) is 5.59. The Bertz CT molecular complexity index is 329. The molecule has 1 N–H and O–H groups in total. The van der Waals surface area contributed by atoms with Gasteiger partial charge in [-0.05, 0) is 39.5 Å². The van der Waals surface area contributed by atoms with Crippen LogP contribution in [0, 0.1) is 5.92 Å². The maximum absolute atomic E-state index is 12.7. The molecule has 0 aromatic rings. The molecule has 2 unspecified atom stereocenters. The van der Waals surface area contributed by atoms with Crippen molar-refractivity contribution in [1.29, 1.82) is 0 Å². The molecule has 1 fully saturated rings. The second-order valence-electron chi connectivity index (χ2n) is 7.17. The first-order chi connectivity index (χ1) is 9.80. The Labute approximate surface area is 130 Å². The van der Waals surface area contributed by atoms with Gasteiger partial charge >= 0.3 is 0 Å². The summed E-state index contributed by atoms with van der Waals surface area (Å²) in [5.74, 6) is 0.819. The molecule has 21 heavy (non-hydrogen) atoms. The van der Waals surface area contributed by atoms with Crippen LogP contribution in [-0.4, -0.2) is 41.8 Å². The van der Waals surface area contributed by atoms with Crippen LogP contribution < -0.4 is 5.32 Å². The highest BCUT2D eigenvalue weighted by atomic mass is 16.5. The first kappa shape index (κ1) is 18.4. The summed E-state index contributed by atoms with van der Waals surface area (Å²) in [5, 5.41) is 3.54. The average Bonchev–Trinajstić information content (AvgIpc) is 2.63. The maximum Gasteiger partial charge on any atom is 0.241 e. The van der Waals surface area contributed by atoms with E-state index in [1.54, 1.807) is 0 Å². The Kier molecular flexibility index (Phi) is 7.14. The van der Waals surface area contributed by atoms with Crippen LogP contribution in [0.4, 0.5) is 0 Å². The van der Waals surface area contributed by atoms with Crippen LogP contribution in [0.3, 0.4) is 0 Å². The number of carbonyl (C=O) groups excluding carboxylic acids is 1. The summed E-state index contributed by atoms with van der Waals surface area (Å²) in [7, 11) is 0. The number of unbranched alkanes of at least 4 members (excludes halogenated alkanes) is 1. The van der Waals surface area contributed by atoms with E-state index in [-0.39, 0.29) is 23.7 Å². The number of nitrogens with zero attached hydrogens (tertiary/aromatic N) is 1. The third-order valence-corrected chi connectivity index (χ3v) is 3.98. The first-order valence-corrected chi connectivity index (χ1v) is 8.51. The molecule has 1 aliphatic rings. The molecule has 4 nitrogen and oxygen atoms in total. The van der Waals surface area contributed by atoms with Crippen LogP contribution in [0.25, 0.3) is 0 Å². The summed E-state index contributed by atoms with van der Waals surface area (Å²) in [6.07, 6.45) is 4.32. The van der Waals surface area contributed by atoms with Crippen molar-refractivity contribution >= 4 is 5.91 Å². The summed E-state index contributed by atoms with van der Waals surface area (Å²) in [4.78, 5) is 14.7. The number of carbonyl (C=O) groups is 1. The molecule has 124 valence electrons. The molecular formula is C17H34N2O2. The van der Waals surface area contributed by atoms with E-state index in [9.17, 15) is 4.79 Å². The molecule has 1 aliphatic heterocycles. The number of amides is 1. The number of rotatable bonds is 9. The van der Waals surface area contributed by atoms with Crippen LogP contribution in [-0.2, 0) is 9.53 Å². The van der Waals surface area contributed by atoms with E-state index < -0.39 is 0 Å². The van der Waals surface area contributed by atoms with Crippen LogP contribution in [0.15, 0.2) is 0 Å². The standard InChI is InChI=1S/C17H34N2O2/c1-7-9-10-14-16(20)19(12-17(5,6)21-8-2)15(18-14)11-13(3)4/h13-15,18H,7-12H2,1-6H3. The number of hydrogen-bond acceptors (Lipinski definition) is 3. The largest absolute Gasteiger partial charge is 0.374 e. The molecule has 1 heterocycles. The van der Waals surface area contributed by atoms with Gasteiger partial charge in [0.1, 0.15) is 0 Å². The van der Waals surface area contributed by atoms with Crippen molar-refractivity contribution < 1.29 is 9.53 Å². The lowest BCUT2D eigenvalue weighted by molar-refractivity contribution is -0.134. The molecule has 1 rings (SSSR count). The first-order valence-electron chi connectivity index (χ1n) is 8.51. The van der Waals surface area contributed by atoms with E-state index in [2.05, 4.69) is 39.9 Å². The lowest BCUT2D eigenvalue weighted by atomic mass is 10.1. The van der Waals surface area contributed by atoms with Crippen molar-refractivity contribution in [2.75, 3.05) is 13.2 Å². The Morgan fingerprint density at radius 2 is 2.00 bits per heavy atom. The van der Waals surface area contributed by atoms with Crippen LogP contribution in [0.1, 0.15) is 67.2 Å². The van der Waals surface area contributed by atoms with Crippen molar-refractivity contribution in [1.82, 2.24) is 10.2 Å². The zero-order valence-corrected chi connectivity index (χ0v) is 14.7. The van der Waals surface area contributed by atoms with Gasteiger partial charge in [0.15, 0.2) is 0 Å². The minimum atomic E-state index is -0.291. The molecule has 1 amide bonds. The fraction of sp³-hybridized carbons (Fsp3) is 0.941. The number of nitrogens with one attached hydrogen (secondary N) is 1. The van der Waals surface area contributed by atoms with Gasteiger partial charge in [0.05, 0.1) is 24.4 Å². The van der Waals surface area contributed by atoms with Crippen molar-refractivity contribution in [2.24, 2.45) is 5.92 Å². The SMILES string of the molecule is CCCCC1NC(CC(C)C)N(CC(C)(C)OCC)C1=O. The Morgan fingerprint density at radius 3 is 2.52 bits per heavy atom. The average molecular weight is 298 g/mol. The monoisotopic (exact) mass is 298 g/mol. The molecule has 0 spiro atoms. The zero-order valence-electron chi connectivity index (χ0n) is 14.7. The Morgan fingerprint density at radius 1 is 1.33 bits per heavy atom.